The zero-order valence-electron chi connectivity index (χ0n) is 15.4. The predicted molar refractivity (Wildman–Crippen MR) is 97.8 cm³/mol. The van der Waals surface area contributed by atoms with Crippen LogP contribution in [-0.4, -0.2) is 70.8 Å². The predicted octanol–water partition coefficient (Wildman–Crippen LogP) is 0.269. The van der Waals surface area contributed by atoms with Crippen LogP contribution in [-0.2, 0) is 25.6 Å². The molecule has 146 valence electrons. The fourth-order valence-corrected chi connectivity index (χ4v) is 3.04. The van der Waals surface area contributed by atoms with E-state index in [9.17, 15) is 19.2 Å². The maximum absolute atomic E-state index is 12.4. The zero-order valence-corrected chi connectivity index (χ0v) is 15.4. The fraction of sp³-hybridized carbons (Fsp3) is 0.474. The Labute approximate surface area is 158 Å². The number of rotatable bonds is 9. The molecule has 8 heteroatoms. The molecule has 1 atom stereocenters. The monoisotopic (exact) mass is 375 g/mol. The first-order valence-corrected chi connectivity index (χ1v) is 9.04. The van der Waals surface area contributed by atoms with Gasteiger partial charge in [-0.2, -0.15) is 0 Å². The summed E-state index contributed by atoms with van der Waals surface area (Å²) in [5.74, 6) is -2.60. The summed E-state index contributed by atoms with van der Waals surface area (Å²) < 4.78 is 0. The second-order valence-corrected chi connectivity index (χ2v) is 6.50. The van der Waals surface area contributed by atoms with Crippen LogP contribution in [0.25, 0.3) is 0 Å². The van der Waals surface area contributed by atoms with Crippen molar-refractivity contribution in [2.75, 3.05) is 26.2 Å². The molecule has 1 heterocycles. The number of nitrogens with zero attached hydrogens (tertiary/aromatic N) is 2. The minimum Gasteiger partial charge on any atom is -0.481 e. The minimum atomic E-state index is -0.932. The van der Waals surface area contributed by atoms with Crippen molar-refractivity contribution < 1.29 is 24.3 Å². The third-order valence-corrected chi connectivity index (χ3v) is 4.51. The lowest BCUT2D eigenvalue weighted by Gasteiger charge is -2.33. The van der Waals surface area contributed by atoms with Crippen LogP contribution in [0.15, 0.2) is 30.3 Å². The molecule has 0 radical (unpaired) electrons. The van der Waals surface area contributed by atoms with E-state index in [1.54, 1.807) is 6.92 Å². The van der Waals surface area contributed by atoms with Crippen molar-refractivity contribution in [3.05, 3.63) is 35.9 Å². The Morgan fingerprint density at radius 1 is 1.11 bits per heavy atom. The van der Waals surface area contributed by atoms with E-state index in [0.29, 0.717) is 26.1 Å². The summed E-state index contributed by atoms with van der Waals surface area (Å²) >= 11 is 0. The van der Waals surface area contributed by atoms with Crippen molar-refractivity contribution in [3.63, 3.8) is 0 Å². The number of carbonyl (C=O) groups excluding carboxylic acids is 3. The molecule has 1 aliphatic rings. The van der Waals surface area contributed by atoms with Crippen molar-refractivity contribution in [1.29, 1.82) is 0 Å². The van der Waals surface area contributed by atoms with Crippen molar-refractivity contribution in [2.24, 2.45) is 0 Å². The number of carbonyl (C=O) groups is 4. The summed E-state index contributed by atoms with van der Waals surface area (Å²) in [5, 5.41) is 11.7. The molecule has 8 nitrogen and oxygen atoms in total. The van der Waals surface area contributed by atoms with Crippen LogP contribution in [0.2, 0.25) is 0 Å². The highest BCUT2D eigenvalue weighted by molar-refractivity contribution is 6.35. The number of aliphatic carboxylic acids is 1. The summed E-state index contributed by atoms with van der Waals surface area (Å²) in [6.07, 6.45) is 0.715. The van der Waals surface area contributed by atoms with E-state index >= 15 is 0 Å². The van der Waals surface area contributed by atoms with Crippen LogP contribution >= 0.6 is 0 Å². The Kier molecular flexibility index (Phi) is 7.34. The smallest absolute Gasteiger partial charge is 0.312 e. The van der Waals surface area contributed by atoms with Gasteiger partial charge in [-0.25, -0.2) is 0 Å². The molecule has 1 aromatic carbocycles. The topological polar surface area (TPSA) is 107 Å². The van der Waals surface area contributed by atoms with Gasteiger partial charge in [0.2, 0.25) is 5.91 Å². The Morgan fingerprint density at radius 2 is 1.74 bits per heavy atom. The number of hydrogen-bond donors (Lipinski definition) is 2. The Bertz CT molecular complexity index is 692. The number of amides is 3. The molecule has 0 saturated carbocycles. The van der Waals surface area contributed by atoms with Gasteiger partial charge in [-0.3, -0.25) is 19.2 Å². The Morgan fingerprint density at radius 3 is 2.37 bits per heavy atom. The molecule has 27 heavy (non-hydrogen) atoms. The van der Waals surface area contributed by atoms with E-state index in [-0.39, 0.29) is 25.4 Å². The molecular formula is C19H25N3O5. The van der Waals surface area contributed by atoms with E-state index in [1.807, 2.05) is 30.3 Å². The number of nitrogens with one attached hydrogen (secondary N) is 1. The van der Waals surface area contributed by atoms with Crippen molar-refractivity contribution >= 4 is 23.7 Å². The molecule has 0 bridgehead atoms. The van der Waals surface area contributed by atoms with Crippen LogP contribution in [0.1, 0.15) is 25.3 Å². The van der Waals surface area contributed by atoms with E-state index < -0.39 is 23.7 Å². The van der Waals surface area contributed by atoms with Gasteiger partial charge in [-0.15, -0.1) is 0 Å². The quantitative estimate of drug-likeness (QED) is 0.603. The normalized spacial score (nSPS) is 15.6. The lowest BCUT2D eigenvalue weighted by molar-refractivity contribution is -0.156. The highest BCUT2D eigenvalue weighted by Crippen LogP contribution is 2.09. The van der Waals surface area contributed by atoms with E-state index in [4.69, 9.17) is 5.11 Å². The third kappa shape index (κ3) is 6.09. The largest absolute Gasteiger partial charge is 0.481 e. The van der Waals surface area contributed by atoms with Gasteiger partial charge in [0.15, 0.2) is 0 Å². The lowest BCUT2D eigenvalue weighted by Crippen LogP contribution is -2.56. The SMILES string of the molecule is CCN1CCN(CC(=O)NC(CCC(=O)O)Cc2ccccc2)C(=O)C1=O. The highest BCUT2D eigenvalue weighted by atomic mass is 16.4. The van der Waals surface area contributed by atoms with Crippen LogP contribution in [0, 0.1) is 0 Å². The first kappa shape index (κ1) is 20.4. The number of piperazine rings is 1. The number of hydrogen-bond acceptors (Lipinski definition) is 4. The van der Waals surface area contributed by atoms with Crippen LogP contribution in [0.4, 0.5) is 0 Å². The molecule has 0 spiro atoms. The standard InChI is InChI=1S/C19H25N3O5/c1-2-21-10-11-22(19(27)18(21)26)13-16(23)20-15(8-9-17(24)25)12-14-6-4-3-5-7-14/h3-7,15H,2,8-13H2,1H3,(H,20,23)(H,24,25). The molecule has 1 aliphatic heterocycles. The molecule has 0 aromatic heterocycles. The molecular weight excluding hydrogens is 350 g/mol. The van der Waals surface area contributed by atoms with Crippen molar-refractivity contribution in [2.45, 2.75) is 32.2 Å². The maximum atomic E-state index is 12.4. The Hall–Kier alpha value is -2.90. The molecule has 2 N–H and O–H groups in total. The van der Waals surface area contributed by atoms with Gasteiger partial charge in [0.05, 0.1) is 0 Å². The van der Waals surface area contributed by atoms with Gasteiger partial charge in [-0.05, 0) is 25.3 Å². The maximum Gasteiger partial charge on any atom is 0.312 e. The van der Waals surface area contributed by atoms with Gasteiger partial charge in [-0.1, -0.05) is 30.3 Å². The summed E-state index contributed by atoms with van der Waals surface area (Å²) in [5.41, 5.74) is 0.982. The second kappa shape index (κ2) is 9.70. The lowest BCUT2D eigenvalue weighted by atomic mass is 10.0. The number of benzene rings is 1. The highest BCUT2D eigenvalue weighted by Gasteiger charge is 2.32. The van der Waals surface area contributed by atoms with Gasteiger partial charge >= 0.3 is 17.8 Å². The van der Waals surface area contributed by atoms with Gasteiger partial charge < -0.3 is 20.2 Å². The summed E-state index contributed by atoms with van der Waals surface area (Å²) in [6.45, 7) is 2.76. The van der Waals surface area contributed by atoms with Crippen LogP contribution in [0.3, 0.4) is 0 Å². The average molecular weight is 375 g/mol. The van der Waals surface area contributed by atoms with Gasteiger partial charge in [0, 0.05) is 32.1 Å². The summed E-state index contributed by atoms with van der Waals surface area (Å²) in [7, 11) is 0. The summed E-state index contributed by atoms with van der Waals surface area (Å²) in [4.78, 5) is 50.0. The first-order chi connectivity index (χ1) is 12.9. The minimum absolute atomic E-state index is 0.0651. The molecule has 1 saturated heterocycles. The molecule has 1 fully saturated rings. The van der Waals surface area contributed by atoms with E-state index in [2.05, 4.69) is 5.32 Å². The van der Waals surface area contributed by atoms with Crippen molar-refractivity contribution in [3.8, 4) is 0 Å². The number of likely N-dealkylation sites (N-methyl/N-ethyl adjacent to an activating group) is 1. The molecule has 3 amide bonds. The van der Waals surface area contributed by atoms with Crippen molar-refractivity contribution in [1.82, 2.24) is 15.1 Å². The molecule has 0 aliphatic carbocycles. The zero-order chi connectivity index (χ0) is 19.8. The van der Waals surface area contributed by atoms with Crippen LogP contribution in [0.5, 0.6) is 0 Å². The third-order valence-electron chi connectivity index (χ3n) is 4.51. The number of carboxylic acid groups (broad SMARTS) is 1. The Balaban J connectivity index is 1.95. The van der Waals surface area contributed by atoms with E-state index in [0.717, 1.165) is 5.56 Å². The molecule has 1 unspecified atom stereocenters. The second-order valence-electron chi connectivity index (χ2n) is 6.50. The van der Waals surface area contributed by atoms with Gasteiger partial charge in [0.1, 0.15) is 6.54 Å². The molecule has 2 rings (SSSR count). The number of carboxylic acids is 1. The van der Waals surface area contributed by atoms with Crippen LogP contribution < -0.4 is 5.32 Å². The first-order valence-electron chi connectivity index (χ1n) is 9.04. The van der Waals surface area contributed by atoms with E-state index in [1.165, 1.54) is 9.80 Å². The molecule has 1 aromatic rings. The average Bonchev–Trinajstić information content (AvgIpc) is 2.64. The van der Waals surface area contributed by atoms with Gasteiger partial charge in [0.25, 0.3) is 0 Å². The summed E-state index contributed by atoms with van der Waals surface area (Å²) in [6, 6.07) is 9.09. The fourth-order valence-electron chi connectivity index (χ4n) is 3.04.